The van der Waals surface area contributed by atoms with E-state index in [2.05, 4.69) is 32.7 Å². The van der Waals surface area contributed by atoms with Gasteiger partial charge in [-0.15, -0.1) is 11.3 Å². The summed E-state index contributed by atoms with van der Waals surface area (Å²) in [5.74, 6) is 2.66. The Morgan fingerprint density at radius 3 is 2.60 bits per heavy atom. The minimum Gasteiger partial charge on any atom is -0.238 e. The molecule has 0 fully saturated rings. The first-order valence-electron chi connectivity index (χ1n) is 5.68. The van der Waals surface area contributed by atoms with Crippen molar-refractivity contribution in [3.8, 4) is 0 Å². The van der Waals surface area contributed by atoms with Crippen molar-refractivity contribution >= 4 is 23.1 Å². The summed E-state index contributed by atoms with van der Waals surface area (Å²) in [4.78, 5) is 5.84. The number of thioether (sulfide) groups is 1. The van der Waals surface area contributed by atoms with Crippen molar-refractivity contribution in [1.29, 1.82) is 0 Å². The summed E-state index contributed by atoms with van der Waals surface area (Å²) in [6.07, 6.45) is 4.66. The van der Waals surface area contributed by atoms with Crippen LogP contribution >= 0.6 is 23.1 Å². The van der Waals surface area contributed by atoms with E-state index in [0.29, 0.717) is 5.92 Å². The summed E-state index contributed by atoms with van der Waals surface area (Å²) in [6, 6.07) is 0. The summed E-state index contributed by atoms with van der Waals surface area (Å²) < 4.78 is 1.24. The zero-order valence-corrected chi connectivity index (χ0v) is 11.8. The third-order valence-electron chi connectivity index (χ3n) is 2.22. The molecule has 0 spiro atoms. The van der Waals surface area contributed by atoms with Gasteiger partial charge in [0.2, 0.25) is 0 Å². The standard InChI is InChI=1S/C12H21NS2/c1-9(2)6-5-7-14-12-13-8-11(15-12)10(3)4/h8-10H,5-7H2,1-4H3. The molecule has 0 atom stereocenters. The first-order chi connectivity index (χ1) is 7.09. The van der Waals surface area contributed by atoms with Gasteiger partial charge in [-0.2, -0.15) is 0 Å². The quantitative estimate of drug-likeness (QED) is 0.526. The third-order valence-corrected chi connectivity index (χ3v) is 4.76. The smallest absolute Gasteiger partial charge is 0.150 e. The summed E-state index contributed by atoms with van der Waals surface area (Å²) in [6.45, 7) is 9.01. The van der Waals surface area contributed by atoms with Crippen LogP contribution in [0.15, 0.2) is 10.5 Å². The van der Waals surface area contributed by atoms with Crippen LogP contribution in [0.5, 0.6) is 0 Å². The van der Waals surface area contributed by atoms with Gasteiger partial charge in [0.05, 0.1) is 0 Å². The maximum Gasteiger partial charge on any atom is 0.150 e. The van der Waals surface area contributed by atoms with Crippen molar-refractivity contribution in [2.75, 3.05) is 5.75 Å². The number of thiazole rings is 1. The molecule has 0 bridgehead atoms. The molecule has 86 valence electrons. The zero-order valence-electron chi connectivity index (χ0n) is 10.1. The number of aromatic nitrogens is 1. The second-order valence-electron chi connectivity index (χ2n) is 4.57. The molecule has 0 saturated carbocycles. The van der Waals surface area contributed by atoms with Crippen LogP contribution in [0.1, 0.15) is 51.3 Å². The topological polar surface area (TPSA) is 12.9 Å². The maximum absolute atomic E-state index is 4.44. The molecule has 1 aromatic rings. The molecule has 0 unspecified atom stereocenters. The molecule has 15 heavy (non-hydrogen) atoms. The maximum atomic E-state index is 4.44. The minimum atomic E-state index is 0.618. The molecule has 1 heterocycles. The molecule has 0 aromatic carbocycles. The van der Waals surface area contributed by atoms with Gasteiger partial charge < -0.3 is 0 Å². The molecule has 0 aliphatic rings. The Morgan fingerprint density at radius 2 is 2.07 bits per heavy atom. The van der Waals surface area contributed by atoms with Crippen molar-refractivity contribution in [2.24, 2.45) is 5.92 Å². The van der Waals surface area contributed by atoms with Gasteiger partial charge in [0.25, 0.3) is 0 Å². The highest BCUT2D eigenvalue weighted by molar-refractivity contribution is 8.01. The minimum absolute atomic E-state index is 0.618. The Hall–Kier alpha value is -0.0200. The van der Waals surface area contributed by atoms with E-state index in [9.17, 15) is 0 Å². The van der Waals surface area contributed by atoms with Crippen molar-refractivity contribution in [1.82, 2.24) is 4.98 Å². The average molecular weight is 243 g/mol. The Kier molecular flexibility index (Phi) is 5.69. The lowest BCUT2D eigenvalue weighted by Gasteiger charge is -2.02. The van der Waals surface area contributed by atoms with Crippen LogP contribution < -0.4 is 0 Å². The van der Waals surface area contributed by atoms with Gasteiger partial charge in [-0.3, -0.25) is 0 Å². The van der Waals surface area contributed by atoms with Gasteiger partial charge in [-0.1, -0.05) is 45.9 Å². The van der Waals surface area contributed by atoms with Crippen LogP contribution in [0, 0.1) is 5.92 Å². The number of hydrogen-bond donors (Lipinski definition) is 0. The van der Waals surface area contributed by atoms with Gasteiger partial charge >= 0.3 is 0 Å². The molecule has 0 saturated heterocycles. The molecule has 1 nitrogen and oxygen atoms in total. The highest BCUT2D eigenvalue weighted by Gasteiger charge is 2.05. The number of hydrogen-bond acceptors (Lipinski definition) is 3. The second-order valence-corrected chi connectivity index (χ2v) is 6.97. The third kappa shape index (κ3) is 5.03. The van der Waals surface area contributed by atoms with Gasteiger partial charge in [-0.25, -0.2) is 4.98 Å². The first kappa shape index (κ1) is 13.0. The van der Waals surface area contributed by atoms with Crippen LogP contribution in [0.3, 0.4) is 0 Å². The van der Waals surface area contributed by atoms with E-state index >= 15 is 0 Å². The highest BCUT2D eigenvalue weighted by atomic mass is 32.2. The lowest BCUT2D eigenvalue weighted by molar-refractivity contribution is 0.579. The summed E-state index contributed by atoms with van der Waals surface area (Å²) in [5.41, 5.74) is 0. The summed E-state index contributed by atoms with van der Waals surface area (Å²) >= 11 is 3.76. The van der Waals surface area contributed by atoms with Gasteiger partial charge in [0.1, 0.15) is 4.34 Å². The van der Waals surface area contributed by atoms with Crippen LogP contribution in [0.25, 0.3) is 0 Å². The Bertz CT molecular complexity index is 279. The normalized spacial score (nSPS) is 11.6. The fraction of sp³-hybridized carbons (Fsp3) is 0.750. The average Bonchev–Trinajstić information content (AvgIpc) is 2.60. The second kappa shape index (κ2) is 6.54. The SMILES string of the molecule is CC(C)CCCSc1ncc(C(C)C)s1. The molecular weight excluding hydrogens is 222 g/mol. The van der Waals surface area contributed by atoms with E-state index in [1.807, 2.05) is 29.3 Å². The van der Waals surface area contributed by atoms with Crippen LogP contribution in [-0.2, 0) is 0 Å². The fourth-order valence-electron chi connectivity index (χ4n) is 1.25. The van der Waals surface area contributed by atoms with E-state index < -0.39 is 0 Å². The molecular formula is C12H21NS2. The number of nitrogens with zero attached hydrogens (tertiary/aromatic N) is 1. The Labute approximate surface area is 102 Å². The summed E-state index contributed by atoms with van der Waals surface area (Å²) in [7, 11) is 0. The molecule has 1 rings (SSSR count). The van der Waals surface area contributed by atoms with Crippen molar-refractivity contribution in [2.45, 2.75) is 50.8 Å². The highest BCUT2D eigenvalue weighted by Crippen LogP contribution is 2.29. The lowest BCUT2D eigenvalue weighted by Crippen LogP contribution is -1.88. The van der Waals surface area contributed by atoms with Gasteiger partial charge in [0, 0.05) is 16.8 Å². The van der Waals surface area contributed by atoms with Crippen LogP contribution in [-0.4, -0.2) is 10.7 Å². The molecule has 0 N–H and O–H groups in total. The van der Waals surface area contributed by atoms with E-state index in [1.165, 1.54) is 27.8 Å². The Morgan fingerprint density at radius 1 is 1.33 bits per heavy atom. The molecule has 0 aliphatic carbocycles. The Balaban J connectivity index is 2.26. The van der Waals surface area contributed by atoms with Crippen LogP contribution in [0.4, 0.5) is 0 Å². The van der Waals surface area contributed by atoms with E-state index in [4.69, 9.17) is 0 Å². The molecule has 0 radical (unpaired) electrons. The molecule has 0 amide bonds. The van der Waals surface area contributed by atoms with Crippen LogP contribution in [0.2, 0.25) is 0 Å². The van der Waals surface area contributed by atoms with Gasteiger partial charge in [-0.05, 0) is 18.3 Å². The lowest BCUT2D eigenvalue weighted by atomic mass is 10.1. The monoisotopic (exact) mass is 243 g/mol. The van der Waals surface area contributed by atoms with E-state index in [-0.39, 0.29) is 0 Å². The molecule has 1 aromatic heterocycles. The predicted octanol–water partition coefficient (Wildman–Crippen LogP) is 4.79. The predicted molar refractivity (Wildman–Crippen MR) is 71.0 cm³/mol. The molecule has 0 aliphatic heterocycles. The fourth-order valence-corrected chi connectivity index (χ4v) is 3.29. The van der Waals surface area contributed by atoms with Crippen molar-refractivity contribution in [3.05, 3.63) is 11.1 Å². The van der Waals surface area contributed by atoms with Gasteiger partial charge in [0.15, 0.2) is 0 Å². The zero-order chi connectivity index (χ0) is 11.3. The largest absolute Gasteiger partial charge is 0.238 e. The molecule has 3 heteroatoms. The van der Waals surface area contributed by atoms with E-state index in [1.54, 1.807) is 0 Å². The van der Waals surface area contributed by atoms with Crippen molar-refractivity contribution < 1.29 is 0 Å². The number of rotatable bonds is 6. The summed E-state index contributed by atoms with van der Waals surface area (Å²) in [5, 5.41) is 0. The van der Waals surface area contributed by atoms with E-state index in [0.717, 1.165) is 5.92 Å². The van der Waals surface area contributed by atoms with Crippen molar-refractivity contribution in [3.63, 3.8) is 0 Å². The first-order valence-corrected chi connectivity index (χ1v) is 7.48.